The summed E-state index contributed by atoms with van der Waals surface area (Å²) >= 11 is 0. The van der Waals surface area contributed by atoms with E-state index in [0.29, 0.717) is 5.39 Å². The summed E-state index contributed by atoms with van der Waals surface area (Å²) in [6.07, 6.45) is 0. The number of nitrogens with zero attached hydrogens (tertiary/aromatic N) is 2. The number of hydrogen-bond acceptors (Lipinski definition) is 8. The van der Waals surface area contributed by atoms with E-state index < -0.39 is 32.7 Å². The molecule has 0 amide bonds. The van der Waals surface area contributed by atoms with Crippen molar-refractivity contribution in [2.24, 2.45) is 0 Å². The van der Waals surface area contributed by atoms with Crippen LogP contribution in [0.2, 0.25) is 0 Å². The fourth-order valence-electron chi connectivity index (χ4n) is 3.10. The summed E-state index contributed by atoms with van der Waals surface area (Å²) in [7, 11) is 0. The molecule has 0 aliphatic carbocycles. The Bertz CT molecular complexity index is 1370. The maximum absolute atomic E-state index is 10.9. The van der Waals surface area contributed by atoms with E-state index in [2.05, 4.69) is 0 Å². The molecule has 4 aromatic rings. The number of ether oxygens (including phenoxy) is 2. The van der Waals surface area contributed by atoms with Gasteiger partial charge in [-0.05, 0) is 23.6 Å². The van der Waals surface area contributed by atoms with Gasteiger partial charge < -0.3 is 19.7 Å². The van der Waals surface area contributed by atoms with Gasteiger partial charge in [0.1, 0.15) is 11.5 Å². The van der Waals surface area contributed by atoms with Crippen LogP contribution in [0.5, 0.6) is 34.5 Å². The highest BCUT2D eigenvalue weighted by atomic mass is 16.6. The normalized spacial score (nSPS) is 10.6. The molecule has 0 unspecified atom stereocenters. The van der Waals surface area contributed by atoms with Crippen molar-refractivity contribution in [3.05, 3.63) is 93.0 Å². The van der Waals surface area contributed by atoms with Crippen molar-refractivity contribution in [1.29, 1.82) is 0 Å². The van der Waals surface area contributed by atoms with Crippen LogP contribution in [0, 0.1) is 20.2 Å². The largest absolute Gasteiger partial charge is 0.502 e. The van der Waals surface area contributed by atoms with Crippen molar-refractivity contribution in [1.82, 2.24) is 0 Å². The Hall–Kier alpha value is -4.86. The van der Waals surface area contributed by atoms with Gasteiger partial charge in [0.05, 0.1) is 9.85 Å². The van der Waals surface area contributed by atoms with Gasteiger partial charge in [-0.15, -0.1) is 0 Å². The Balaban J connectivity index is 1.76. The lowest BCUT2D eigenvalue weighted by Gasteiger charge is -2.15. The molecule has 0 heterocycles. The van der Waals surface area contributed by atoms with E-state index in [-0.39, 0.29) is 23.0 Å². The molecule has 32 heavy (non-hydrogen) atoms. The molecule has 0 bridgehead atoms. The maximum atomic E-state index is 10.9. The van der Waals surface area contributed by atoms with Gasteiger partial charge in [-0.1, -0.05) is 30.3 Å². The molecular weight excluding hydrogens is 420 g/mol. The summed E-state index contributed by atoms with van der Waals surface area (Å²) < 4.78 is 11.7. The Morgan fingerprint density at radius 3 is 1.81 bits per heavy atom. The monoisotopic (exact) mass is 434 g/mol. The van der Waals surface area contributed by atoms with Gasteiger partial charge in [0.25, 0.3) is 0 Å². The lowest BCUT2D eigenvalue weighted by atomic mass is 10.1. The first-order valence-corrected chi connectivity index (χ1v) is 9.16. The summed E-state index contributed by atoms with van der Waals surface area (Å²) in [5.74, 6) is -0.406. The van der Waals surface area contributed by atoms with Crippen LogP contribution < -0.4 is 9.47 Å². The first-order valence-electron chi connectivity index (χ1n) is 9.16. The third-order valence-electron chi connectivity index (χ3n) is 4.58. The molecular formula is C22H14N2O8. The average molecular weight is 434 g/mol. The summed E-state index contributed by atoms with van der Waals surface area (Å²) in [6, 6.07) is 17.7. The van der Waals surface area contributed by atoms with Crippen molar-refractivity contribution in [2.75, 3.05) is 0 Å². The van der Waals surface area contributed by atoms with Gasteiger partial charge in [0.2, 0.25) is 0 Å². The summed E-state index contributed by atoms with van der Waals surface area (Å²) in [6.45, 7) is 0. The van der Waals surface area contributed by atoms with Gasteiger partial charge in [0.15, 0.2) is 23.0 Å². The molecule has 0 aliphatic heterocycles. The van der Waals surface area contributed by atoms with Gasteiger partial charge >= 0.3 is 11.4 Å². The van der Waals surface area contributed by atoms with Crippen molar-refractivity contribution < 1.29 is 29.5 Å². The summed E-state index contributed by atoms with van der Waals surface area (Å²) in [5, 5.41) is 43.1. The minimum Gasteiger partial charge on any atom is -0.502 e. The van der Waals surface area contributed by atoms with E-state index >= 15 is 0 Å². The first-order chi connectivity index (χ1) is 15.3. The molecule has 10 nitrogen and oxygen atoms in total. The van der Waals surface area contributed by atoms with E-state index in [9.17, 15) is 30.4 Å². The van der Waals surface area contributed by atoms with Crippen LogP contribution in [0.3, 0.4) is 0 Å². The number of nitro benzene ring substituents is 2. The van der Waals surface area contributed by atoms with E-state index in [1.54, 1.807) is 24.3 Å². The average Bonchev–Trinajstić information content (AvgIpc) is 2.75. The molecule has 4 rings (SSSR count). The molecule has 4 aromatic carbocycles. The second-order valence-corrected chi connectivity index (χ2v) is 6.63. The molecule has 0 saturated heterocycles. The maximum Gasteiger partial charge on any atom is 0.310 e. The number of phenolic OH excluding ortho intramolecular Hbond substituents is 2. The molecule has 0 aromatic heterocycles. The smallest absolute Gasteiger partial charge is 0.310 e. The Morgan fingerprint density at radius 2 is 1.25 bits per heavy atom. The number of nitro groups is 2. The number of benzene rings is 4. The van der Waals surface area contributed by atoms with Crippen LogP contribution in [0.25, 0.3) is 10.8 Å². The fourth-order valence-corrected chi connectivity index (χ4v) is 3.10. The highest BCUT2D eigenvalue weighted by molar-refractivity contribution is 5.91. The zero-order valence-electron chi connectivity index (χ0n) is 16.2. The van der Waals surface area contributed by atoms with Crippen LogP contribution in [-0.4, -0.2) is 20.1 Å². The predicted molar refractivity (Wildman–Crippen MR) is 114 cm³/mol. The summed E-state index contributed by atoms with van der Waals surface area (Å²) in [4.78, 5) is 20.4. The second-order valence-electron chi connectivity index (χ2n) is 6.63. The Labute approximate surface area is 179 Å². The molecule has 160 valence electrons. The topological polar surface area (TPSA) is 145 Å². The SMILES string of the molecule is O=[N+]([O-])c1ccc(Oc2ccc3ccccc3c2Oc2ccc([N+](=O)[O-])c(O)c2)cc1O. The third kappa shape index (κ3) is 3.92. The van der Waals surface area contributed by atoms with Crippen molar-refractivity contribution in [3.8, 4) is 34.5 Å². The molecule has 0 fully saturated rings. The van der Waals surface area contributed by atoms with Crippen LogP contribution in [0.1, 0.15) is 0 Å². The van der Waals surface area contributed by atoms with Crippen LogP contribution in [0.15, 0.2) is 72.8 Å². The summed E-state index contributed by atoms with van der Waals surface area (Å²) in [5.41, 5.74) is -0.929. The Morgan fingerprint density at radius 1 is 0.688 bits per heavy atom. The van der Waals surface area contributed by atoms with E-state index in [4.69, 9.17) is 9.47 Å². The van der Waals surface area contributed by atoms with Crippen LogP contribution in [-0.2, 0) is 0 Å². The molecule has 0 saturated carbocycles. The number of rotatable bonds is 6. The predicted octanol–water partition coefficient (Wildman–Crippen LogP) is 5.65. The molecule has 0 aliphatic rings. The third-order valence-corrected chi connectivity index (χ3v) is 4.58. The first kappa shape index (κ1) is 20.4. The van der Waals surface area contributed by atoms with Gasteiger partial charge in [-0.2, -0.15) is 0 Å². The zero-order chi connectivity index (χ0) is 22.8. The van der Waals surface area contributed by atoms with Crippen LogP contribution in [0.4, 0.5) is 11.4 Å². The van der Waals surface area contributed by atoms with Crippen molar-refractivity contribution in [2.45, 2.75) is 0 Å². The molecule has 2 N–H and O–H groups in total. The number of fused-ring (bicyclic) bond motifs is 1. The lowest BCUT2D eigenvalue weighted by molar-refractivity contribution is -0.386. The Kier molecular flexibility index (Phi) is 5.17. The number of phenols is 2. The number of hydrogen-bond donors (Lipinski definition) is 2. The quantitative estimate of drug-likeness (QED) is 0.292. The fraction of sp³-hybridized carbons (Fsp3) is 0. The lowest BCUT2D eigenvalue weighted by Crippen LogP contribution is -1.94. The van der Waals surface area contributed by atoms with Gasteiger partial charge in [-0.25, -0.2) is 0 Å². The molecule has 0 atom stereocenters. The second kappa shape index (κ2) is 8.11. The number of aromatic hydroxyl groups is 2. The minimum absolute atomic E-state index is 0.125. The highest BCUT2D eigenvalue weighted by Crippen LogP contribution is 2.43. The molecule has 0 radical (unpaired) electrons. The van der Waals surface area contributed by atoms with Crippen molar-refractivity contribution in [3.63, 3.8) is 0 Å². The van der Waals surface area contributed by atoms with Crippen LogP contribution >= 0.6 is 0 Å². The van der Waals surface area contributed by atoms with E-state index in [1.165, 1.54) is 12.1 Å². The van der Waals surface area contributed by atoms with Crippen molar-refractivity contribution >= 4 is 22.1 Å². The van der Waals surface area contributed by atoms with E-state index in [0.717, 1.165) is 29.7 Å². The van der Waals surface area contributed by atoms with Gasteiger partial charge in [-0.3, -0.25) is 20.2 Å². The zero-order valence-corrected chi connectivity index (χ0v) is 16.2. The molecule has 10 heteroatoms. The standard InChI is InChI=1S/C22H14N2O8/c25-19-11-14(6-8-17(19)23(27)28)31-21-10-5-13-3-1-2-4-16(13)22(21)32-15-7-9-18(24(29)30)20(26)12-15/h1-12,25-26H. The highest BCUT2D eigenvalue weighted by Gasteiger charge is 2.18. The minimum atomic E-state index is -0.718. The molecule has 0 spiro atoms. The van der Waals surface area contributed by atoms with E-state index in [1.807, 2.05) is 12.1 Å². The van der Waals surface area contributed by atoms with Gasteiger partial charge in [0, 0.05) is 29.7 Å².